The van der Waals surface area contributed by atoms with Crippen molar-refractivity contribution in [3.05, 3.63) is 47.0 Å². The van der Waals surface area contributed by atoms with Crippen LogP contribution < -0.4 is 19.1 Å². The van der Waals surface area contributed by atoms with E-state index in [0.717, 1.165) is 32.7 Å². The molecule has 0 N–H and O–H groups in total. The summed E-state index contributed by atoms with van der Waals surface area (Å²) in [6.45, 7) is 9.36. The van der Waals surface area contributed by atoms with Crippen molar-refractivity contribution in [2.75, 3.05) is 52.4 Å². The number of ether oxygens (including phenoxy) is 3. The van der Waals surface area contributed by atoms with Gasteiger partial charge in [-0.3, -0.25) is 4.90 Å². The first-order valence-corrected chi connectivity index (χ1v) is 9.39. The van der Waals surface area contributed by atoms with Gasteiger partial charge in [-0.1, -0.05) is 12.1 Å². The van der Waals surface area contributed by atoms with Gasteiger partial charge in [0, 0.05) is 38.4 Å². The highest BCUT2D eigenvalue weighted by Gasteiger charge is 2.20. The Morgan fingerprint density at radius 3 is 2.00 bits per heavy atom. The van der Waals surface area contributed by atoms with Gasteiger partial charge < -0.3 is 19.1 Å². The molecule has 5 nitrogen and oxygen atoms in total. The maximum Gasteiger partial charge on any atom is 0.203 e. The molecule has 0 amide bonds. The van der Waals surface area contributed by atoms with Gasteiger partial charge in [-0.15, -0.1) is 0 Å². The second-order valence-electron chi connectivity index (χ2n) is 7.09. The van der Waals surface area contributed by atoms with E-state index in [2.05, 4.69) is 41.8 Å². The Kier molecular flexibility index (Phi) is 6.11. The van der Waals surface area contributed by atoms with Crippen LogP contribution in [0.3, 0.4) is 0 Å². The van der Waals surface area contributed by atoms with Crippen molar-refractivity contribution in [1.82, 2.24) is 4.90 Å². The fourth-order valence-corrected chi connectivity index (χ4v) is 3.69. The number of nitrogens with zero attached hydrogens (tertiary/aromatic N) is 2. The molecule has 1 fully saturated rings. The summed E-state index contributed by atoms with van der Waals surface area (Å²) in [6, 6.07) is 10.8. The predicted octanol–water partition coefficient (Wildman–Crippen LogP) is 3.65. The van der Waals surface area contributed by atoms with Gasteiger partial charge in [-0.25, -0.2) is 0 Å². The highest BCUT2D eigenvalue weighted by molar-refractivity contribution is 5.55. The van der Waals surface area contributed by atoms with Gasteiger partial charge in [0.25, 0.3) is 0 Å². The van der Waals surface area contributed by atoms with E-state index in [1.54, 1.807) is 21.3 Å². The van der Waals surface area contributed by atoms with Gasteiger partial charge in [0.2, 0.25) is 5.75 Å². The molecule has 5 heteroatoms. The molecule has 0 saturated carbocycles. The van der Waals surface area contributed by atoms with E-state index < -0.39 is 0 Å². The van der Waals surface area contributed by atoms with E-state index in [1.807, 2.05) is 12.1 Å². The van der Waals surface area contributed by atoms with E-state index in [-0.39, 0.29) is 0 Å². The van der Waals surface area contributed by atoms with Crippen molar-refractivity contribution < 1.29 is 14.2 Å². The lowest BCUT2D eigenvalue weighted by Crippen LogP contribution is -2.46. The molecule has 0 atom stereocenters. The standard InChI is InChI=1S/C22H30N2O3/c1-16-6-7-17(2)19(12-16)24-10-8-23(9-11-24)15-18-13-20(25-3)22(27-5)21(14-18)26-4/h6-7,12-14H,8-11,15H2,1-5H3. The van der Waals surface area contributed by atoms with Crippen LogP contribution >= 0.6 is 0 Å². The van der Waals surface area contributed by atoms with E-state index in [9.17, 15) is 0 Å². The van der Waals surface area contributed by atoms with Crippen molar-refractivity contribution in [2.45, 2.75) is 20.4 Å². The van der Waals surface area contributed by atoms with Crippen molar-refractivity contribution in [2.24, 2.45) is 0 Å². The summed E-state index contributed by atoms with van der Waals surface area (Å²) < 4.78 is 16.4. The maximum absolute atomic E-state index is 5.48. The smallest absolute Gasteiger partial charge is 0.203 e. The quantitative estimate of drug-likeness (QED) is 0.775. The summed E-state index contributed by atoms with van der Waals surface area (Å²) in [7, 11) is 4.95. The van der Waals surface area contributed by atoms with E-state index in [0.29, 0.717) is 17.2 Å². The van der Waals surface area contributed by atoms with Crippen LogP contribution in [0.2, 0.25) is 0 Å². The molecule has 1 aliphatic heterocycles. The molecular weight excluding hydrogens is 340 g/mol. The first-order valence-electron chi connectivity index (χ1n) is 9.39. The molecule has 0 aliphatic carbocycles. The molecule has 2 aromatic rings. The molecule has 1 saturated heterocycles. The number of hydrogen-bond donors (Lipinski definition) is 0. The summed E-state index contributed by atoms with van der Waals surface area (Å²) >= 11 is 0. The normalized spacial score (nSPS) is 14.9. The van der Waals surface area contributed by atoms with Gasteiger partial charge in [0.05, 0.1) is 21.3 Å². The van der Waals surface area contributed by atoms with E-state index >= 15 is 0 Å². The lowest BCUT2D eigenvalue weighted by Gasteiger charge is -2.37. The number of methoxy groups -OCH3 is 3. The molecular formula is C22H30N2O3. The number of rotatable bonds is 6. The summed E-state index contributed by atoms with van der Waals surface area (Å²) in [4.78, 5) is 4.97. The zero-order chi connectivity index (χ0) is 19.4. The molecule has 0 unspecified atom stereocenters. The molecule has 146 valence electrons. The summed E-state index contributed by atoms with van der Waals surface area (Å²) in [5, 5.41) is 0. The Labute approximate surface area is 162 Å². The van der Waals surface area contributed by atoms with Crippen LogP contribution in [0.5, 0.6) is 17.2 Å². The third kappa shape index (κ3) is 4.30. The molecule has 0 radical (unpaired) electrons. The lowest BCUT2D eigenvalue weighted by atomic mass is 10.1. The minimum absolute atomic E-state index is 0.642. The van der Waals surface area contributed by atoms with Crippen molar-refractivity contribution in [3.63, 3.8) is 0 Å². The number of aryl methyl sites for hydroxylation is 2. The van der Waals surface area contributed by atoms with Gasteiger partial charge in [0.15, 0.2) is 11.5 Å². The highest BCUT2D eigenvalue weighted by atomic mass is 16.5. The molecule has 0 aromatic heterocycles. The Morgan fingerprint density at radius 1 is 0.815 bits per heavy atom. The van der Waals surface area contributed by atoms with Crippen LogP contribution in [0.1, 0.15) is 16.7 Å². The zero-order valence-corrected chi connectivity index (χ0v) is 17.0. The SMILES string of the molecule is COc1cc(CN2CCN(c3cc(C)ccc3C)CC2)cc(OC)c1OC. The fourth-order valence-electron chi connectivity index (χ4n) is 3.69. The van der Waals surface area contributed by atoms with Crippen LogP contribution in [0.15, 0.2) is 30.3 Å². The van der Waals surface area contributed by atoms with Crippen LogP contribution in [0.25, 0.3) is 0 Å². The Morgan fingerprint density at radius 2 is 1.44 bits per heavy atom. The molecule has 1 heterocycles. The van der Waals surface area contributed by atoms with Crippen LogP contribution in [0, 0.1) is 13.8 Å². The van der Waals surface area contributed by atoms with Crippen molar-refractivity contribution >= 4 is 5.69 Å². The molecule has 3 rings (SSSR count). The fraction of sp³-hybridized carbons (Fsp3) is 0.455. The van der Waals surface area contributed by atoms with Gasteiger partial charge >= 0.3 is 0 Å². The second-order valence-corrected chi connectivity index (χ2v) is 7.09. The third-order valence-electron chi connectivity index (χ3n) is 5.21. The Balaban J connectivity index is 1.68. The minimum atomic E-state index is 0.642. The van der Waals surface area contributed by atoms with Crippen molar-refractivity contribution in [1.29, 1.82) is 0 Å². The van der Waals surface area contributed by atoms with Crippen LogP contribution in [0.4, 0.5) is 5.69 Å². The van der Waals surface area contributed by atoms with Gasteiger partial charge in [0.1, 0.15) is 0 Å². The molecule has 1 aliphatic rings. The monoisotopic (exact) mass is 370 g/mol. The van der Waals surface area contributed by atoms with Crippen LogP contribution in [-0.4, -0.2) is 52.4 Å². The summed E-state index contributed by atoms with van der Waals surface area (Å²) in [5.74, 6) is 2.06. The van der Waals surface area contributed by atoms with E-state index in [1.165, 1.54) is 22.4 Å². The average Bonchev–Trinajstić information content (AvgIpc) is 2.69. The largest absolute Gasteiger partial charge is 0.493 e. The molecule has 0 bridgehead atoms. The topological polar surface area (TPSA) is 34.2 Å². The van der Waals surface area contributed by atoms with Gasteiger partial charge in [-0.2, -0.15) is 0 Å². The molecule has 0 spiro atoms. The van der Waals surface area contributed by atoms with Crippen LogP contribution in [-0.2, 0) is 6.54 Å². The maximum atomic E-state index is 5.48. The summed E-state index contributed by atoms with van der Waals surface area (Å²) in [6.07, 6.45) is 0. The highest BCUT2D eigenvalue weighted by Crippen LogP contribution is 2.38. The number of piperazine rings is 1. The van der Waals surface area contributed by atoms with Crippen molar-refractivity contribution in [3.8, 4) is 17.2 Å². The number of anilines is 1. The molecule has 2 aromatic carbocycles. The second kappa shape index (κ2) is 8.53. The Bertz CT molecular complexity index is 758. The summed E-state index contributed by atoms with van der Waals surface area (Å²) in [5.41, 5.74) is 5.20. The molecule has 27 heavy (non-hydrogen) atoms. The lowest BCUT2D eigenvalue weighted by molar-refractivity contribution is 0.248. The predicted molar refractivity (Wildman–Crippen MR) is 110 cm³/mol. The third-order valence-corrected chi connectivity index (χ3v) is 5.21. The average molecular weight is 370 g/mol. The zero-order valence-electron chi connectivity index (χ0n) is 17.0. The first kappa shape index (κ1) is 19.4. The van der Waals surface area contributed by atoms with E-state index in [4.69, 9.17) is 14.2 Å². The Hall–Kier alpha value is -2.40. The number of benzene rings is 2. The first-order chi connectivity index (χ1) is 13.0. The number of hydrogen-bond acceptors (Lipinski definition) is 5. The minimum Gasteiger partial charge on any atom is -0.493 e. The van der Waals surface area contributed by atoms with Gasteiger partial charge in [-0.05, 0) is 48.7 Å².